The molecule has 3 rings (SSSR count). The number of amides is 3. The van der Waals surface area contributed by atoms with Crippen molar-refractivity contribution in [3.8, 4) is 5.75 Å². The number of hydrogen-bond donors (Lipinski definition) is 8. The minimum Gasteiger partial charge on any atom is -0.508 e. The van der Waals surface area contributed by atoms with Crippen LogP contribution in [0.3, 0.4) is 0 Å². The molecule has 2 aromatic carbocycles. The number of nitrogens with two attached hydrogens (primary N) is 1. The molecule has 3 amide bonds. The van der Waals surface area contributed by atoms with E-state index in [2.05, 4.69) is 20.9 Å². The highest BCUT2D eigenvalue weighted by atomic mass is 16.4. The quantitative estimate of drug-likeness (QED) is 0.146. The Bertz CT molecular complexity index is 1370. The van der Waals surface area contributed by atoms with E-state index in [4.69, 9.17) is 5.73 Å². The average Bonchev–Trinajstić information content (AvgIpc) is 3.33. The Morgan fingerprint density at radius 3 is 2.10 bits per heavy atom. The number of carboxylic acid groups (broad SMARTS) is 1. The predicted octanol–water partition coefficient (Wildman–Crippen LogP) is 0.562. The van der Waals surface area contributed by atoms with Crippen LogP contribution in [0.2, 0.25) is 0 Å². The number of rotatable bonds is 13. The van der Waals surface area contributed by atoms with Gasteiger partial charge in [-0.15, -0.1) is 0 Å². The van der Waals surface area contributed by atoms with Crippen molar-refractivity contribution in [2.24, 2.45) is 11.7 Å². The Hall–Kier alpha value is -4.42. The summed E-state index contributed by atoms with van der Waals surface area (Å²) in [4.78, 5) is 54.5. The Labute approximate surface area is 237 Å². The normalized spacial score (nSPS) is 15.0. The molecule has 0 aliphatic carbocycles. The van der Waals surface area contributed by atoms with Gasteiger partial charge in [0, 0.05) is 29.9 Å². The highest BCUT2D eigenvalue weighted by Crippen LogP contribution is 2.19. The molecule has 0 spiro atoms. The Morgan fingerprint density at radius 2 is 1.49 bits per heavy atom. The molecule has 3 aromatic rings. The number of hydrogen-bond acceptors (Lipinski definition) is 7. The first-order valence-electron chi connectivity index (χ1n) is 13.3. The SMILES string of the molecule is CC(C)C(NC(=O)C(Cc1ccc(O)cc1)NC(=O)C(N)C(C)O)C(=O)NC(Cc1c[nH]c2ccccc12)C(=O)O. The third-order valence-electron chi connectivity index (χ3n) is 6.79. The van der Waals surface area contributed by atoms with Gasteiger partial charge in [0.15, 0.2) is 0 Å². The van der Waals surface area contributed by atoms with Crippen LogP contribution < -0.4 is 21.7 Å². The molecular formula is C29H37N5O7. The van der Waals surface area contributed by atoms with E-state index in [9.17, 15) is 34.5 Å². The number of carboxylic acids is 1. The fraction of sp³-hybridized carbons (Fsp3) is 0.379. The zero-order chi connectivity index (χ0) is 30.3. The van der Waals surface area contributed by atoms with Gasteiger partial charge in [-0.3, -0.25) is 14.4 Å². The smallest absolute Gasteiger partial charge is 0.326 e. The van der Waals surface area contributed by atoms with E-state index in [1.807, 2.05) is 24.3 Å². The first kappa shape index (κ1) is 31.1. The Morgan fingerprint density at radius 1 is 0.854 bits per heavy atom. The molecule has 12 heteroatoms. The number of carbonyl (C=O) groups is 4. The van der Waals surface area contributed by atoms with Crippen molar-refractivity contribution in [2.45, 2.75) is 63.9 Å². The van der Waals surface area contributed by atoms with Gasteiger partial charge in [0.2, 0.25) is 17.7 Å². The van der Waals surface area contributed by atoms with Crippen molar-refractivity contribution >= 4 is 34.6 Å². The summed E-state index contributed by atoms with van der Waals surface area (Å²) in [5, 5.41) is 37.7. The molecule has 0 bridgehead atoms. The number of aliphatic carboxylic acids is 1. The lowest BCUT2D eigenvalue weighted by molar-refractivity contribution is -0.142. The molecule has 0 radical (unpaired) electrons. The van der Waals surface area contributed by atoms with Crippen molar-refractivity contribution < 1.29 is 34.5 Å². The number of H-pyrrole nitrogens is 1. The number of fused-ring (bicyclic) bond motifs is 1. The van der Waals surface area contributed by atoms with Crippen molar-refractivity contribution in [1.82, 2.24) is 20.9 Å². The van der Waals surface area contributed by atoms with Crippen LogP contribution in [-0.2, 0) is 32.0 Å². The van der Waals surface area contributed by atoms with Crippen LogP contribution in [0.1, 0.15) is 31.9 Å². The van der Waals surface area contributed by atoms with Gasteiger partial charge < -0.3 is 42.0 Å². The number of aliphatic hydroxyl groups is 1. The van der Waals surface area contributed by atoms with Gasteiger partial charge in [-0.25, -0.2) is 4.79 Å². The zero-order valence-corrected chi connectivity index (χ0v) is 23.1. The maximum Gasteiger partial charge on any atom is 0.326 e. The number of aromatic nitrogens is 1. The number of nitrogens with one attached hydrogen (secondary N) is 4. The predicted molar refractivity (Wildman–Crippen MR) is 152 cm³/mol. The molecule has 0 aliphatic heterocycles. The number of carbonyl (C=O) groups excluding carboxylic acids is 3. The van der Waals surface area contributed by atoms with Crippen molar-refractivity contribution in [3.05, 3.63) is 65.9 Å². The van der Waals surface area contributed by atoms with Crippen molar-refractivity contribution in [3.63, 3.8) is 0 Å². The lowest BCUT2D eigenvalue weighted by Gasteiger charge is -2.27. The molecule has 0 aliphatic rings. The monoisotopic (exact) mass is 567 g/mol. The second-order valence-electron chi connectivity index (χ2n) is 10.4. The largest absolute Gasteiger partial charge is 0.508 e. The van der Waals surface area contributed by atoms with Gasteiger partial charge in [-0.1, -0.05) is 44.2 Å². The van der Waals surface area contributed by atoms with Crippen LogP contribution >= 0.6 is 0 Å². The fourth-order valence-electron chi connectivity index (χ4n) is 4.33. The molecule has 0 saturated carbocycles. The van der Waals surface area contributed by atoms with Crippen LogP contribution in [0.5, 0.6) is 5.75 Å². The van der Waals surface area contributed by atoms with E-state index < -0.39 is 59.9 Å². The highest BCUT2D eigenvalue weighted by molar-refractivity contribution is 5.94. The summed E-state index contributed by atoms with van der Waals surface area (Å²) >= 11 is 0. The average molecular weight is 568 g/mol. The molecule has 0 saturated heterocycles. The number of para-hydroxylation sites is 1. The van der Waals surface area contributed by atoms with Gasteiger partial charge >= 0.3 is 5.97 Å². The summed E-state index contributed by atoms with van der Waals surface area (Å²) in [5.41, 5.74) is 7.89. The van der Waals surface area contributed by atoms with E-state index in [1.54, 1.807) is 32.2 Å². The number of phenolic OH excluding ortho intramolecular Hbond substituents is 1. The van der Waals surface area contributed by atoms with Crippen molar-refractivity contribution in [2.75, 3.05) is 0 Å². The summed E-state index contributed by atoms with van der Waals surface area (Å²) in [6.45, 7) is 4.72. The molecular weight excluding hydrogens is 530 g/mol. The van der Waals surface area contributed by atoms with Crippen LogP contribution in [0.4, 0.5) is 0 Å². The maximum atomic E-state index is 13.4. The van der Waals surface area contributed by atoms with Crippen LogP contribution in [0, 0.1) is 5.92 Å². The summed E-state index contributed by atoms with van der Waals surface area (Å²) in [5.74, 6) is -3.83. The van der Waals surface area contributed by atoms with Crippen LogP contribution in [0.25, 0.3) is 10.9 Å². The standard InChI is InChI=1S/C29H37N5O7/c1-15(2)25(28(39)33-23(29(40)41)13-18-14-31-21-7-5-4-6-20(18)21)34-26(37)22(32-27(38)24(30)16(3)35)12-17-8-10-19(36)11-9-17/h4-11,14-16,22-25,31,35-36H,12-13,30H2,1-3H3,(H,32,38)(H,33,39)(H,34,37)(H,40,41). The van der Waals surface area contributed by atoms with Gasteiger partial charge in [-0.2, -0.15) is 0 Å². The van der Waals surface area contributed by atoms with Crippen molar-refractivity contribution in [1.29, 1.82) is 0 Å². The van der Waals surface area contributed by atoms with E-state index in [1.165, 1.54) is 19.1 Å². The highest BCUT2D eigenvalue weighted by Gasteiger charge is 2.33. The lowest BCUT2D eigenvalue weighted by Crippen LogP contribution is -2.59. The Balaban J connectivity index is 1.77. The molecule has 1 aromatic heterocycles. The maximum absolute atomic E-state index is 13.4. The fourth-order valence-corrected chi connectivity index (χ4v) is 4.33. The third-order valence-corrected chi connectivity index (χ3v) is 6.79. The molecule has 220 valence electrons. The van der Waals surface area contributed by atoms with Crippen LogP contribution in [0.15, 0.2) is 54.7 Å². The van der Waals surface area contributed by atoms with Gasteiger partial charge in [0.1, 0.15) is 29.9 Å². The summed E-state index contributed by atoms with van der Waals surface area (Å²) in [6.07, 6.45) is 0.533. The van der Waals surface area contributed by atoms with Gasteiger partial charge in [0.25, 0.3) is 0 Å². The summed E-state index contributed by atoms with van der Waals surface area (Å²) < 4.78 is 0. The Kier molecular flexibility index (Phi) is 10.5. The van der Waals surface area contributed by atoms with Gasteiger partial charge in [0.05, 0.1) is 6.10 Å². The summed E-state index contributed by atoms with van der Waals surface area (Å²) in [7, 11) is 0. The summed E-state index contributed by atoms with van der Waals surface area (Å²) in [6, 6.07) is 8.52. The van der Waals surface area contributed by atoms with Gasteiger partial charge in [-0.05, 0) is 42.2 Å². The first-order chi connectivity index (χ1) is 19.4. The second kappa shape index (κ2) is 13.8. The third kappa shape index (κ3) is 8.29. The molecule has 1 heterocycles. The minimum atomic E-state index is -1.30. The number of phenols is 1. The molecule has 41 heavy (non-hydrogen) atoms. The number of benzene rings is 2. The molecule has 12 nitrogen and oxygen atoms in total. The number of aromatic amines is 1. The zero-order valence-electron chi connectivity index (χ0n) is 23.1. The molecule has 5 atom stereocenters. The van der Waals surface area contributed by atoms with E-state index in [0.29, 0.717) is 11.1 Å². The first-order valence-corrected chi connectivity index (χ1v) is 13.3. The molecule has 0 fully saturated rings. The molecule has 9 N–H and O–H groups in total. The number of aliphatic hydroxyl groups excluding tert-OH is 1. The second-order valence-corrected chi connectivity index (χ2v) is 10.4. The van der Waals surface area contributed by atoms with E-state index in [0.717, 1.165) is 10.9 Å². The van der Waals surface area contributed by atoms with E-state index in [-0.39, 0.29) is 18.6 Å². The molecule has 5 unspecified atom stereocenters. The number of aromatic hydroxyl groups is 1. The van der Waals surface area contributed by atoms with E-state index >= 15 is 0 Å². The van der Waals surface area contributed by atoms with Crippen LogP contribution in [-0.4, -0.2) is 74.3 Å². The minimum absolute atomic E-state index is 0.00483. The lowest BCUT2D eigenvalue weighted by atomic mass is 9.99. The topological polar surface area (TPSA) is 207 Å².